The van der Waals surface area contributed by atoms with Crippen LogP contribution in [0.4, 0.5) is 0 Å². The maximum atomic E-state index is 6.83. The van der Waals surface area contributed by atoms with Crippen molar-refractivity contribution in [2.75, 3.05) is 0 Å². The second-order valence-corrected chi connectivity index (χ2v) is 36.3. The number of rotatable bonds is 12. The number of nitrogens with zero attached hydrogens (tertiary/aromatic N) is 3. The van der Waals surface area contributed by atoms with Gasteiger partial charge in [-0.2, -0.15) is 0 Å². The van der Waals surface area contributed by atoms with Gasteiger partial charge in [0, 0.05) is 115 Å². The first-order valence-corrected chi connectivity index (χ1v) is 47.8. The molecule has 0 bridgehead atoms. The lowest BCUT2D eigenvalue weighted by atomic mass is 9.96. The van der Waals surface area contributed by atoms with E-state index in [1.165, 1.54) is 16.7 Å². The molecule has 30 aromatic rings. The van der Waals surface area contributed by atoms with E-state index in [4.69, 9.17) is 26.5 Å². The van der Waals surface area contributed by atoms with Gasteiger partial charge < -0.3 is 40.2 Å². The third-order valence-electron chi connectivity index (χ3n) is 28.2. The second-order valence-electron chi connectivity index (χ2n) is 36.3. The number of para-hydroxylation sites is 12. The van der Waals surface area contributed by atoms with E-state index in [9.17, 15) is 0 Å². The third-order valence-corrected chi connectivity index (χ3v) is 28.2. The van der Waals surface area contributed by atoms with Crippen molar-refractivity contribution in [1.82, 2.24) is 13.7 Å². The highest BCUT2D eigenvalue weighted by Crippen LogP contribution is 2.50. The van der Waals surface area contributed by atoms with E-state index in [2.05, 4.69) is 487 Å². The molecule has 0 aliphatic rings. The van der Waals surface area contributed by atoms with Crippen LogP contribution in [0.15, 0.2) is 518 Å². The normalized spacial score (nSPS) is 11.8. The summed E-state index contributed by atoms with van der Waals surface area (Å²) in [6.45, 7) is 0. The van der Waals surface area contributed by atoms with Crippen molar-refractivity contribution >= 4 is 165 Å². The molecule has 0 saturated carbocycles. The van der Waals surface area contributed by atoms with Gasteiger partial charge in [-0.1, -0.05) is 346 Å². The number of hydrogen-bond acceptors (Lipinski definition) is 6. The minimum absolute atomic E-state index is 0.886. The van der Waals surface area contributed by atoms with Gasteiger partial charge in [0.25, 0.3) is 0 Å². The standard InChI is InChI=1S/3C44H27NO2/c1-3-13-28(14-4-1)32-20-10-23-35-36-24-11-21-33(42(36)46-41(32)35)29-15-9-16-30(27-29)34-22-12-25-38-40-44(47-43(34)38)37-19-7-8-26-39(37)45(40)31-17-5-2-6-18-31;1-3-12-28(13-4-1)29-24-25-40-38(27-29)35-21-10-19-33(42(35)46-40)30-14-9-15-31(26-30)34-20-11-22-37-41-44(47-43(34)37)36-18-7-8-23-39(36)45(41)32-16-5-2-6-17-32;1-3-11-28(12-4-1)30-21-23-35-36-24-22-31(27-41(36)46-40(35)26-30)29-13-9-14-32(25-29)34-18-10-19-38-42-44(47-43(34)38)37-17-7-8-20-39(37)45(42)33-15-5-2-6-16-33/h3*1-27H. The Morgan fingerprint density at radius 1 is 0.121 bits per heavy atom. The zero-order chi connectivity index (χ0) is 92.7. The number of hydrogen-bond donors (Lipinski definition) is 0. The lowest BCUT2D eigenvalue weighted by Crippen LogP contribution is -1.92. The zero-order valence-corrected chi connectivity index (χ0v) is 76.1. The Balaban J connectivity index is 0.000000104. The van der Waals surface area contributed by atoms with Gasteiger partial charge in [0.2, 0.25) is 0 Å². The quantitative estimate of drug-likeness (QED) is 0.121. The molecule has 0 aliphatic carbocycles. The third kappa shape index (κ3) is 13.3. The van der Waals surface area contributed by atoms with E-state index in [-0.39, 0.29) is 0 Å². The summed E-state index contributed by atoms with van der Waals surface area (Å²) in [5.74, 6) is 0. The monoisotopic (exact) mass is 1800 g/mol. The van der Waals surface area contributed by atoms with Crippen LogP contribution in [0.2, 0.25) is 0 Å². The average molecular weight is 1810 g/mol. The topological polar surface area (TPSA) is 93.6 Å². The second kappa shape index (κ2) is 33.0. The van der Waals surface area contributed by atoms with Crippen molar-refractivity contribution < 1.29 is 26.5 Å². The molecule has 0 aliphatic heterocycles. The Bertz CT molecular complexity index is 10200. The van der Waals surface area contributed by atoms with E-state index in [1.807, 2.05) is 18.2 Å². The molecule has 0 atom stereocenters. The maximum absolute atomic E-state index is 6.83. The lowest BCUT2D eigenvalue weighted by molar-refractivity contribution is 0.669. The maximum Gasteiger partial charge on any atom is 0.161 e. The summed E-state index contributed by atoms with van der Waals surface area (Å²) in [7, 11) is 0. The van der Waals surface area contributed by atoms with Crippen LogP contribution in [-0.2, 0) is 0 Å². The van der Waals surface area contributed by atoms with Crippen LogP contribution in [0.3, 0.4) is 0 Å². The summed E-state index contributed by atoms with van der Waals surface area (Å²) in [6, 6.07) is 173. The number of furan rings is 6. The molecule has 0 amide bonds. The largest absolute Gasteiger partial charge is 0.456 e. The molecular formula is C132H81N3O6. The van der Waals surface area contributed by atoms with Gasteiger partial charge >= 0.3 is 0 Å². The Morgan fingerprint density at radius 3 is 0.752 bits per heavy atom. The predicted molar refractivity (Wildman–Crippen MR) is 582 cm³/mol. The van der Waals surface area contributed by atoms with Crippen LogP contribution in [0, 0.1) is 0 Å². The number of fused-ring (bicyclic) bond motifs is 24. The van der Waals surface area contributed by atoms with Gasteiger partial charge in [0.1, 0.15) is 66.8 Å². The number of aromatic nitrogens is 3. The molecule has 0 N–H and O–H groups in total. The van der Waals surface area contributed by atoms with Crippen molar-refractivity contribution in [3.63, 3.8) is 0 Å². The van der Waals surface area contributed by atoms with Crippen LogP contribution in [-0.4, -0.2) is 13.7 Å². The Labute approximate surface area is 807 Å². The van der Waals surface area contributed by atoms with Crippen molar-refractivity contribution in [2.45, 2.75) is 0 Å². The summed E-state index contributed by atoms with van der Waals surface area (Å²) < 4.78 is 47.1. The molecule has 9 aromatic heterocycles. The Kier molecular flexibility index (Phi) is 18.8. The first-order valence-electron chi connectivity index (χ1n) is 47.8. The smallest absolute Gasteiger partial charge is 0.161 e. The minimum Gasteiger partial charge on any atom is -0.456 e. The SMILES string of the molecule is c1ccc(-c2ccc3c(c2)oc2cc(-c4cccc(-c5cccc6c5oc5c7ccccc7n(-c7ccccc7)c65)c4)ccc23)cc1.c1ccc(-c2ccc3oc4c(-c5cccc(-c6cccc7c6oc6c8ccccc8n(-c8ccccc8)c76)c5)cccc4c3c2)cc1.c1ccc(-c2cccc3c2oc2c(-c4cccc(-c5cccc6c5oc5c7ccccc7n(-c7ccccc7)c65)c4)cccc23)cc1. The minimum atomic E-state index is 0.886. The van der Waals surface area contributed by atoms with Crippen LogP contribution in [0.25, 0.3) is 282 Å². The van der Waals surface area contributed by atoms with Crippen LogP contribution >= 0.6 is 0 Å². The molecule has 30 rings (SSSR count). The van der Waals surface area contributed by atoms with Gasteiger partial charge in [0.05, 0.1) is 16.6 Å². The van der Waals surface area contributed by atoms with Crippen molar-refractivity contribution in [3.8, 4) is 117 Å². The van der Waals surface area contributed by atoms with Crippen molar-refractivity contribution in [1.29, 1.82) is 0 Å². The summed E-state index contributed by atoms with van der Waals surface area (Å²) in [4.78, 5) is 0. The highest BCUT2D eigenvalue weighted by molar-refractivity contribution is 6.23. The van der Waals surface area contributed by atoms with Crippen molar-refractivity contribution in [3.05, 3.63) is 491 Å². The molecular weight excluding hydrogens is 1720 g/mol. The molecule has 9 heteroatoms. The fourth-order valence-corrected chi connectivity index (χ4v) is 21.8. The molecule has 0 unspecified atom stereocenters. The van der Waals surface area contributed by atoms with E-state index >= 15 is 0 Å². The number of benzene rings is 21. The highest BCUT2D eigenvalue weighted by atomic mass is 16.4. The average Bonchev–Trinajstić information content (AvgIpc) is 1.56. The Hall–Kier alpha value is -19.0. The first-order chi connectivity index (χ1) is 69.9. The molecule has 0 spiro atoms. The zero-order valence-electron chi connectivity index (χ0n) is 76.1. The van der Waals surface area contributed by atoms with Crippen molar-refractivity contribution in [2.24, 2.45) is 0 Å². The van der Waals surface area contributed by atoms with Gasteiger partial charge in [0.15, 0.2) is 16.7 Å². The summed E-state index contributed by atoms with van der Waals surface area (Å²) >= 11 is 0. The summed E-state index contributed by atoms with van der Waals surface area (Å²) in [5, 5.41) is 13.3. The van der Waals surface area contributed by atoms with E-state index in [0.717, 1.165) is 265 Å². The predicted octanol–water partition coefficient (Wildman–Crippen LogP) is 37.3. The fraction of sp³-hybridized carbons (Fsp3) is 0. The van der Waals surface area contributed by atoms with Gasteiger partial charge in [-0.25, -0.2) is 0 Å². The highest BCUT2D eigenvalue weighted by Gasteiger charge is 2.28. The Morgan fingerprint density at radius 2 is 0.369 bits per heavy atom. The summed E-state index contributed by atoms with van der Waals surface area (Å²) in [5.41, 5.74) is 40.8. The van der Waals surface area contributed by atoms with Crippen LogP contribution in [0.1, 0.15) is 0 Å². The molecule has 9 nitrogen and oxygen atoms in total. The molecule has 0 radical (unpaired) electrons. The van der Waals surface area contributed by atoms with Gasteiger partial charge in [-0.15, -0.1) is 0 Å². The van der Waals surface area contributed by atoms with E-state index in [0.29, 0.717) is 0 Å². The van der Waals surface area contributed by atoms with Crippen LogP contribution < -0.4 is 0 Å². The molecule has 0 saturated heterocycles. The molecule has 0 fully saturated rings. The molecule has 9 heterocycles. The first kappa shape index (κ1) is 80.5. The fourth-order valence-electron chi connectivity index (χ4n) is 21.8. The van der Waals surface area contributed by atoms with E-state index < -0.39 is 0 Å². The summed E-state index contributed by atoms with van der Waals surface area (Å²) in [6.07, 6.45) is 0. The lowest BCUT2D eigenvalue weighted by Gasteiger charge is -2.09. The van der Waals surface area contributed by atoms with Crippen LogP contribution in [0.5, 0.6) is 0 Å². The van der Waals surface area contributed by atoms with E-state index in [1.54, 1.807) is 0 Å². The molecule has 21 aromatic carbocycles. The molecule has 141 heavy (non-hydrogen) atoms. The van der Waals surface area contributed by atoms with Gasteiger partial charge in [-0.3, -0.25) is 0 Å². The molecule has 660 valence electrons. The van der Waals surface area contributed by atoms with Gasteiger partial charge in [-0.05, 0) is 212 Å².